The van der Waals surface area contributed by atoms with Gasteiger partial charge in [0.15, 0.2) is 5.69 Å². The SMILES string of the molecule is Cc1cc(C(=O)N2CC[C@H]3CNC[C@H]32)no1. The van der Waals surface area contributed by atoms with Gasteiger partial charge in [-0.25, -0.2) is 0 Å². The largest absolute Gasteiger partial charge is 0.361 e. The van der Waals surface area contributed by atoms with Crippen molar-refractivity contribution in [3.63, 3.8) is 0 Å². The molecule has 2 fully saturated rings. The lowest BCUT2D eigenvalue weighted by molar-refractivity contribution is 0.0726. The highest BCUT2D eigenvalue weighted by molar-refractivity contribution is 5.92. The Balaban J connectivity index is 1.80. The summed E-state index contributed by atoms with van der Waals surface area (Å²) in [4.78, 5) is 14.1. The zero-order valence-corrected chi connectivity index (χ0v) is 9.27. The lowest BCUT2D eigenvalue weighted by Crippen LogP contribution is -2.39. The summed E-state index contributed by atoms with van der Waals surface area (Å²) in [7, 11) is 0. The molecule has 16 heavy (non-hydrogen) atoms. The third-order valence-corrected chi connectivity index (χ3v) is 3.55. The number of carbonyl (C=O) groups is 1. The van der Waals surface area contributed by atoms with Crippen molar-refractivity contribution in [3.05, 3.63) is 17.5 Å². The quantitative estimate of drug-likeness (QED) is 0.746. The van der Waals surface area contributed by atoms with Crippen LogP contribution in [0.1, 0.15) is 22.7 Å². The van der Waals surface area contributed by atoms with Crippen LogP contribution in [0.5, 0.6) is 0 Å². The van der Waals surface area contributed by atoms with Crippen LogP contribution < -0.4 is 5.32 Å². The number of amides is 1. The molecular formula is C11H15N3O2. The Morgan fingerprint density at radius 3 is 3.25 bits per heavy atom. The summed E-state index contributed by atoms with van der Waals surface area (Å²) >= 11 is 0. The highest BCUT2D eigenvalue weighted by Gasteiger charge is 2.40. The van der Waals surface area contributed by atoms with Crippen molar-refractivity contribution in [3.8, 4) is 0 Å². The van der Waals surface area contributed by atoms with E-state index in [1.165, 1.54) is 0 Å². The number of aromatic nitrogens is 1. The first kappa shape index (κ1) is 9.84. The number of hydrogen-bond donors (Lipinski definition) is 1. The second kappa shape index (κ2) is 3.59. The molecule has 2 aliphatic rings. The first-order valence-corrected chi connectivity index (χ1v) is 5.70. The molecule has 5 heteroatoms. The van der Waals surface area contributed by atoms with Crippen molar-refractivity contribution in [2.24, 2.45) is 5.92 Å². The van der Waals surface area contributed by atoms with Crippen molar-refractivity contribution in [1.82, 2.24) is 15.4 Å². The van der Waals surface area contributed by atoms with Crippen LogP contribution in [0.4, 0.5) is 0 Å². The van der Waals surface area contributed by atoms with Gasteiger partial charge in [-0.2, -0.15) is 0 Å². The van der Waals surface area contributed by atoms with Crippen molar-refractivity contribution in [2.75, 3.05) is 19.6 Å². The first-order valence-electron chi connectivity index (χ1n) is 5.70. The van der Waals surface area contributed by atoms with Crippen LogP contribution in [-0.2, 0) is 0 Å². The molecule has 0 unspecified atom stereocenters. The fourth-order valence-corrected chi connectivity index (χ4v) is 2.72. The Morgan fingerprint density at radius 2 is 2.50 bits per heavy atom. The van der Waals surface area contributed by atoms with Crippen molar-refractivity contribution >= 4 is 5.91 Å². The number of rotatable bonds is 1. The Morgan fingerprint density at radius 1 is 1.62 bits per heavy atom. The Hall–Kier alpha value is -1.36. The summed E-state index contributed by atoms with van der Waals surface area (Å²) in [5, 5.41) is 7.12. The van der Waals surface area contributed by atoms with Gasteiger partial charge < -0.3 is 14.7 Å². The fraction of sp³-hybridized carbons (Fsp3) is 0.636. The molecule has 86 valence electrons. The van der Waals surface area contributed by atoms with Crippen LogP contribution in [0.25, 0.3) is 0 Å². The van der Waals surface area contributed by atoms with Gasteiger partial charge >= 0.3 is 0 Å². The molecule has 1 amide bonds. The second-order valence-corrected chi connectivity index (χ2v) is 4.60. The van der Waals surface area contributed by atoms with E-state index in [-0.39, 0.29) is 5.91 Å². The van der Waals surface area contributed by atoms with Crippen molar-refractivity contribution < 1.29 is 9.32 Å². The second-order valence-electron chi connectivity index (χ2n) is 4.60. The average molecular weight is 221 g/mol. The molecule has 5 nitrogen and oxygen atoms in total. The predicted molar refractivity (Wildman–Crippen MR) is 57.0 cm³/mol. The predicted octanol–water partition coefficient (Wildman–Crippen LogP) is 0.417. The molecule has 0 aromatic carbocycles. The molecule has 2 atom stereocenters. The Bertz CT molecular complexity index is 415. The number of hydrogen-bond acceptors (Lipinski definition) is 4. The van der Waals surface area contributed by atoms with Gasteiger partial charge in [0.2, 0.25) is 0 Å². The lowest BCUT2D eigenvalue weighted by atomic mass is 10.1. The Labute approximate surface area is 93.8 Å². The maximum Gasteiger partial charge on any atom is 0.276 e. The number of likely N-dealkylation sites (tertiary alicyclic amines) is 1. The summed E-state index contributed by atoms with van der Waals surface area (Å²) in [6.45, 7) is 4.59. The van der Waals surface area contributed by atoms with Gasteiger partial charge in [0.1, 0.15) is 5.76 Å². The average Bonchev–Trinajstić information content (AvgIpc) is 2.90. The van der Waals surface area contributed by atoms with Gasteiger partial charge in [-0.05, 0) is 19.3 Å². The minimum absolute atomic E-state index is 0.00745. The third-order valence-electron chi connectivity index (χ3n) is 3.55. The molecule has 0 aliphatic carbocycles. The van der Waals surface area contributed by atoms with Gasteiger partial charge in [-0.1, -0.05) is 5.16 Å². The maximum atomic E-state index is 12.2. The summed E-state index contributed by atoms with van der Waals surface area (Å²) in [5.41, 5.74) is 0.435. The normalized spacial score (nSPS) is 28.4. The van der Waals surface area contributed by atoms with Crippen LogP contribution in [-0.4, -0.2) is 41.6 Å². The van der Waals surface area contributed by atoms with Crippen LogP contribution in [0, 0.1) is 12.8 Å². The van der Waals surface area contributed by atoms with Crippen molar-refractivity contribution in [2.45, 2.75) is 19.4 Å². The van der Waals surface area contributed by atoms with Crippen molar-refractivity contribution in [1.29, 1.82) is 0 Å². The van der Waals surface area contributed by atoms with Gasteiger partial charge in [-0.15, -0.1) is 0 Å². The highest BCUT2D eigenvalue weighted by atomic mass is 16.5. The van der Waals surface area contributed by atoms with Gasteiger partial charge in [0, 0.05) is 31.7 Å². The van der Waals surface area contributed by atoms with Crippen LogP contribution in [0.2, 0.25) is 0 Å². The molecule has 1 N–H and O–H groups in total. The molecule has 3 rings (SSSR count). The standard InChI is InChI=1S/C11H15N3O2/c1-7-4-9(13-16-7)11(15)14-3-2-8-5-12-6-10(8)14/h4,8,10,12H,2-3,5-6H2,1H3/t8-,10+/m0/s1. The number of aryl methyl sites for hydroxylation is 1. The molecule has 0 saturated carbocycles. The summed E-state index contributed by atoms with van der Waals surface area (Å²) < 4.78 is 4.94. The van der Waals surface area contributed by atoms with E-state index in [9.17, 15) is 4.79 Å². The van der Waals surface area contributed by atoms with E-state index in [4.69, 9.17) is 4.52 Å². The van der Waals surface area contributed by atoms with E-state index in [1.54, 1.807) is 13.0 Å². The molecule has 1 aromatic rings. The molecule has 3 heterocycles. The number of fused-ring (bicyclic) bond motifs is 1. The van der Waals surface area contributed by atoms with Crippen LogP contribution in [0.3, 0.4) is 0 Å². The molecule has 0 radical (unpaired) electrons. The van der Waals surface area contributed by atoms with E-state index < -0.39 is 0 Å². The molecular weight excluding hydrogens is 206 g/mol. The van der Waals surface area contributed by atoms with Crippen LogP contribution in [0.15, 0.2) is 10.6 Å². The van der Waals surface area contributed by atoms with E-state index in [0.717, 1.165) is 26.1 Å². The zero-order chi connectivity index (χ0) is 11.1. The highest BCUT2D eigenvalue weighted by Crippen LogP contribution is 2.28. The minimum atomic E-state index is 0.00745. The van der Waals surface area contributed by atoms with Gasteiger partial charge in [-0.3, -0.25) is 4.79 Å². The summed E-state index contributed by atoms with van der Waals surface area (Å²) in [6, 6.07) is 2.06. The first-order chi connectivity index (χ1) is 7.75. The molecule has 0 spiro atoms. The van der Waals surface area contributed by atoms with E-state index in [0.29, 0.717) is 23.4 Å². The van der Waals surface area contributed by atoms with Gasteiger partial charge in [0.25, 0.3) is 5.91 Å². The van der Waals surface area contributed by atoms with Crippen LogP contribution >= 0.6 is 0 Å². The maximum absolute atomic E-state index is 12.2. The topological polar surface area (TPSA) is 58.4 Å². The fourth-order valence-electron chi connectivity index (χ4n) is 2.72. The Kier molecular flexibility index (Phi) is 2.21. The minimum Gasteiger partial charge on any atom is -0.361 e. The monoisotopic (exact) mass is 221 g/mol. The lowest BCUT2D eigenvalue weighted by Gasteiger charge is -2.21. The smallest absolute Gasteiger partial charge is 0.276 e. The molecule has 2 saturated heterocycles. The zero-order valence-electron chi connectivity index (χ0n) is 9.27. The summed E-state index contributed by atoms with van der Waals surface area (Å²) in [5.74, 6) is 1.31. The number of nitrogens with one attached hydrogen (secondary N) is 1. The number of nitrogens with zero attached hydrogens (tertiary/aromatic N) is 2. The summed E-state index contributed by atoms with van der Waals surface area (Å²) in [6.07, 6.45) is 1.10. The van der Waals surface area contributed by atoms with Gasteiger partial charge in [0.05, 0.1) is 0 Å². The van der Waals surface area contributed by atoms with E-state index >= 15 is 0 Å². The number of carbonyl (C=O) groups excluding carboxylic acids is 1. The van der Waals surface area contributed by atoms with E-state index in [1.807, 2.05) is 4.90 Å². The molecule has 2 aliphatic heterocycles. The third kappa shape index (κ3) is 1.43. The molecule has 1 aromatic heterocycles. The molecule has 0 bridgehead atoms. The van der Waals surface area contributed by atoms with E-state index in [2.05, 4.69) is 10.5 Å².